The lowest BCUT2D eigenvalue weighted by Crippen LogP contribution is -2.35. The molecule has 1 aromatic carbocycles. The summed E-state index contributed by atoms with van der Waals surface area (Å²) in [6.07, 6.45) is 4.34. The Morgan fingerprint density at radius 3 is 2.77 bits per heavy atom. The Morgan fingerprint density at radius 1 is 1.41 bits per heavy atom. The van der Waals surface area contributed by atoms with Crippen LogP contribution in [0.1, 0.15) is 31.1 Å². The first-order valence-corrected chi connectivity index (χ1v) is 8.46. The fourth-order valence-electron chi connectivity index (χ4n) is 2.06. The summed E-state index contributed by atoms with van der Waals surface area (Å²) < 4.78 is 0. The molecule has 0 amide bonds. The van der Waals surface area contributed by atoms with E-state index in [-0.39, 0.29) is 0 Å². The molecule has 2 N–H and O–H groups in total. The van der Waals surface area contributed by atoms with E-state index in [4.69, 9.17) is 11.6 Å². The van der Waals surface area contributed by atoms with Gasteiger partial charge in [-0.2, -0.15) is 0 Å². The van der Waals surface area contributed by atoms with E-state index in [1.807, 2.05) is 24.3 Å². The highest BCUT2D eigenvalue weighted by Crippen LogP contribution is 2.26. The van der Waals surface area contributed by atoms with Crippen LogP contribution in [0.3, 0.4) is 0 Å². The van der Waals surface area contributed by atoms with Gasteiger partial charge in [0.2, 0.25) is 0 Å². The summed E-state index contributed by atoms with van der Waals surface area (Å²) in [5.74, 6) is -0.795. The minimum atomic E-state index is -0.795. The molecule has 0 aliphatic heterocycles. The summed E-state index contributed by atoms with van der Waals surface area (Å²) in [5, 5.41) is 13.9. The number of halogens is 1. The molecule has 118 valence electrons. The van der Waals surface area contributed by atoms with E-state index in [2.05, 4.69) is 17.2 Å². The molecular formula is C16H19ClN2O2S. The molecule has 0 bridgehead atoms. The van der Waals surface area contributed by atoms with E-state index < -0.39 is 12.0 Å². The van der Waals surface area contributed by atoms with E-state index in [1.54, 1.807) is 17.5 Å². The number of nitrogens with zero attached hydrogens (tertiary/aromatic N) is 1. The van der Waals surface area contributed by atoms with Crippen LogP contribution in [-0.4, -0.2) is 22.1 Å². The van der Waals surface area contributed by atoms with Crippen molar-refractivity contribution in [1.82, 2.24) is 10.3 Å². The van der Waals surface area contributed by atoms with E-state index in [1.165, 1.54) is 0 Å². The smallest absolute Gasteiger partial charge is 0.320 e. The third-order valence-corrected chi connectivity index (χ3v) is 4.61. The number of aliphatic carboxylic acids is 1. The monoisotopic (exact) mass is 338 g/mol. The molecule has 6 heteroatoms. The van der Waals surface area contributed by atoms with Crippen molar-refractivity contribution in [2.24, 2.45) is 0 Å². The average Bonchev–Trinajstić information content (AvgIpc) is 2.96. The van der Waals surface area contributed by atoms with Gasteiger partial charge in [0.15, 0.2) is 0 Å². The van der Waals surface area contributed by atoms with Crippen molar-refractivity contribution in [2.75, 3.05) is 0 Å². The average molecular weight is 339 g/mol. The predicted octanol–water partition coefficient (Wildman–Crippen LogP) is 4.20. The van der Waals surface area contributed by atoms with Gasteiger partial charge in [0, 0.05) is 28.2 Å². The summed E-state index contributed by atoms with van der Waals surface area (Å²) in [6.45, 7) is 2.58. The maximum atomic E-state index is 11.2. The number of hydrogen-bond acceptors (Lipinski definition) is 4. The molecule has 0 fully saturated rings. The second kappa shape index (κ2) is 8.27. The zero-order valence-corrected chi connectivity index (χ0v) is 14.0. The topological polar surface area (TPSA) is 62.2 Å². The first-order chi connectivity index (χ1) is 10.6. The summed E-state index contributed by atoms with van der Waals surface area (Å²) in [4.78, 5) is 16.6. The van der Waals surface area contributed by atoms with Gasteiger partial charge in [-0.3, -0.25) is 10.1 Å². The van der Waals surface area contributed by atoms with Crippen LogP contribution in [0.15, 0.2) is 30.5 Å². The molecule has 1 atom stereocenters. The Hall–Kier alpha value is -1.43. The van der Waals surface area contributed by atoms with Gasteiger partial charge in [0.25, 0.3) is 0 Å². The molecule has 0 saturated heterocycles. The highest BCUT2D eigenvalue weighted by Gasteiger charge is 2.16. The molecule has 0 spiro atoms. The van der Waals surface area contributed by atoms with Crippen LogP contribution in [0.4, 0.5) is 0 Å². The van der Waals surface area contributed by atoms with Crippen LogP contribution in [0, 0.1) is 0 Å². The maximum absolute atomic E-state index is 11.2. The van der Waals surface area contributed by atoms with Gasteiger partial charge in [0.05, 0.1) is 0 Å². The lowest BCUT2D eigenvalue weighted by molar-refractivity contribution is -0.139. The molecule has 2 rings (SSSR count). The highest BCUT2D eigenvalue weighted by molar-refractivity contribution is 7.15. The van der Waals surface area contributed by atoms with Gasteiger partial charge in [-0.15, -0.1) is 11.3 Å². The van der Waals surface area contributed by atoms with Gasteiger partial charge >= 0.3 is 5.97 Å². The number of unbranched alkanes of at least 4 members (excludes halogenated alkanes) is 1. The van der Waals surface area contributed by atoms with Crippen LogP contribution < -0.4 is 5.32 Å². The predicted molar refractivity (Wildman–Crippen MR) is 90.3 cm³/mol. The minimum Gasteiger partial charge on any atom is -0.480 e. The molecule has 0 radical (unpaired) electrons. The van der Waals surface area contributed by atoms with Gasteiger partial charge in [-0.25, -0.2) is 4.98 Å². The standard InChI is InChI=1S/C16H19ClN2O2S/c1-2-3-4-14(16(20)21)18-9-13-10-19-15(22-13)11-5-7-12(17)8-6-11/h5-8,10,14,18H,2-4,9H2,1H3,(H,20,21). The normalized spacial score (nSPS) is 12.3. The third kappa shape index (κ3) is 4.80. The molecule has 0 aliphatic carbocycles. The number of hydrogen-bond donors (Lipinski definition) is 2. The molecule has 1 unspecified atom stereocenters. The Morgan fingerprint density at radius 2 is 2.14 bits per heavy atom. The van der Waals surface area contributed by atoms with Crippen LogP contribution in [0.2, 0.25) is 5.02 Å². The summed E-state index contributed by atoms with van der Waals surface area (Å²) in [6, 6.07) is 7.03. The van der Waals surface area contributed by atoms with Crippen LogP contribution in [-0.2, 0) is 11.3 Å². The third-order valence-electron chi connectivity index (χ3n) is 3.31. The number of benzene rings is 1. The van der Waals surface area contributed by atoms with Crippen molar-refractivity contribution >= 4 is 28.9 Å². The highest BCUT2D eigenvalue weighted by atomic mass is 35.5. The molecule has 1 heterocycles. The van der Waals surface area contributed by atoms with Crippen LogP contribution >= 0.6 is 22.9 Å². The van der Waals surface area contributed by atoms with Gasteiger partial charge in [0.1, 0.15) is 11.0 Å². The van der Waals surface area contributed by atoms with Gasteiger partial charge < -0.3 is 5.11 Å². The quantitative estimate of drug-likeness (QED) is 0.757. The molecular weight excluding hydrogens is 320 g/mol. The maximum Gasteiger partial charge on any atom is 0.320 e. The van der Waals surface area contributed by atoms with E-state index >= 15 is 0 Å². The largest absolute Gasteiger partial charge is 0.480 e. The molecule has 2 aromatic rings. The number of carboxylic acid groups (broad SMARTS) is 1. The first kappa shape index (κ1) is 16.9. The number of aromatic nitrogens is 1. The number of carboxylic acids is 1. The number of rotatable bonds is 8. The first-order valence-electron chi connectivity index (χ1n) is 7.27. The van der Waals surface area contributed by atoms with E-state index in [0.29, 0.717) is 18.0 Å². The second-order valence-corrected chi connectivity index (χ2v) is 6.60. The van der Waals surface area contributed by atoms with Crippen molar-refractivity contribution in [3.8, 4) is 10.6 Å². The van der Waals surface area contributed by atoms with Gasteiger partial charge in [-0.1, -0.05) is 43.5 Å². The zero-order valence-electron chi connectivity index (χ0n) is 12.4. The summed E-state index contributed by atoms with van der Waals surface area (Å²) in [5.41, 5.74) is 1.02. The fourth-order valence-corrected chi connectivity index (χ4v) is 3.05. The fraction of sp³-hybridized carbons (Fsp3) is 0.375. The summed E-state index contributed by atoms with van der Waals surface area (Å²) >= 11 is 7.44. The van der Waals surface area contributed by atoms with E-state index in [9.17, 15) is 9.90 Å². The molecule has 0 saturated carbocycles. The molecule has 0 aliphatic rings. The number of carbonyl (C=O) groups is 1. The number of nitrogens with one attached hydrogen (secondary N) is 1. The minimum absolute atomic E-state index is 0.499. The molecule has 22 heavy (non-hydrogen) atoms. The number of thiazole rings is 1. The Kier molecular flexibility index (Phi) is 6.36. The molecule has 4 nitrogen and oxygen atoms in total. The Balaban J connectivity index is 1.96. The van der Waals surface area contributed by atoms with Crippen LogP contribution in [0.25, 0.3) is 10.6 Å². The van der Waals surface area contributed by atoms with Crippen molar-refractivity contribution in [1.29, 1.82) is 0 Å². The van der Waals surface area contributed by atoms with Crippen molar-refractivity contribution in [3.05, 3.63) is 40.4 Å². The lowest BCUT2D eigenvalue weighted by Gasteiger charge is -2.12. The lowest BCUT2D eigenvalue weighted by atomic mass is 10.1. The van der Waals surface area contributed by atoms with Gasteiger partial charge in [-0.05, 0) is 18.6 Å². The Bertz CT molecular complexity index is 613. The SMILES string of the molecule is CCCCC(NCc1cnc(-c2ccc(Cl)cc2)s1)C(=O)O. The van der Waals surface area contributed by atoms with Crippen LogP contribution in [0.5, 0.6) is 0 Å². The van der Waals surface area contributed by atoms with Crippen molar-refractivity contribution < 1.29 is 9.90 Å². The van der Waals surface area contributed by atoms with Crippen molar-refractivity contribution in [2.45, 2.75) is 38.8 Å². The second-order valence-electron chi connectivity index (χ2n) is 5.05. The van der Waals surface area contributed by atoms with Crippen molar-refractivity contribution in [3.63, 3.8) is 0 Å². The zero-order chi connectivity index (χ0) is 15.9. The Labute approximate surface area is 139 Å². The summed E-state index contributed by atoms with van der Waals surface area (Å²) in [7, 11) is 0. The molecule has 1 aromatic heterocycles. The van der Waals surface area contributed by atoms with E-state index in [0.717, 1.165) is 28.3 Å².